The molecule has 0 N–H and O–H groups in total. The largest absolute Gasteiger partial charge is 0.204 e. The number of hydrogen-bond acceptors (Lipinski definition) is 1. The second kappa shape index (κ2) is 5.11. The Hall–Kier alpha value is -1.52. The van der Waals surface area contributed by atoms with Gasteiger partial charge >= 0.3 is 0 Å². The summed E-state index contributed by atoms with van der Waals surface area (Å²) >= 11 is 7.80. The molecule has 0 spiro atoms. The van der Waals surface area contributed by atoms with Gasteiger partial charge in [0.1, 0.15) is 0 Å². The van der Waals surface area contributed by atoms with E-state index in [9.17, 15) is 13.2 Å². The van der Waals surface area contributed by atoms with Crippen LogP contribution in [0, 0.1) is 17.5 Å². The van der Waals surface area contributed by atoms with Crippen molar-refractivity contribution < 1.29 is 13.2 Å². The van der Waals surface area contributed by atoms with Gasteiger partial charge in [-0.1, -0.05) is 18.2 Å². The van der Waals surface area contributed by atoms with Crippen LogP contribution in [0.5, 0.6) is 0 Å². The summed E-state index contributed by atoms with van der Waals surface area (Å²) < 4.78 is 40.6. The zero-order valence-corrected chi connectivity index (χ0v) is 11.6. The van der Waals surface area contributed by atoms with Crippen LogP contribution in [0.4, 0.5) is 13.2 Å². The van der Waals surface area contributed by atoms with E-state index in [1.54, 1.807) is 0 Å². The molecular formula is C15H8ClF3S. The average Bonchev–Trinajstić information content (AvgIpc) is 2.87. The quantitative estimate of drug-likeness (QED) is 0.424. The first kappa shape index (κ1) is 13.5. The number of alkyl halides is 1. The molecule has 0 saturated heterocycles. The molecule has 1 heterocycles. The Bertz CT molecular complexity index is 759. The van der Waals surface area contributed by atoms with Crippen LogP contribution < -0.4 is 0 Å². The fourth-order valence-electron chi connectivity index (χ4n) is 2.10. The van der Waals surface area contributed by atoms with E-state index in [4.69, 9.17) is 11.6 Å². The molecule has 5 heteroatoms. The van der Waals surface area contributed by atoms with Gasteiger partial charge in [0.2, 0.25) is 0 Å². The Kier molecular flexibility index (Phi) is 3.44. The topological polar surface area (TPSA) is 0 Å². The highest BCUT2D eigenvalue weighted by Gasteiger charge is 2.19. The molecule has 1 atom stereocenters. The molecule has 102 valence electrons. The smallest absolute Gasteiger partial charge is 0.194 e. The Balaban J connectivity index is 2.11. The number of fused-ring (bicyclic) bond motifs is 1. The van der Waals surface area contributed by atoms with Crippen LogP contribution in [-0.4, -0.2) is 0 Å². The van der Waals surface area contributed by atoms with Crippen molar-refractivity contribution in [3.8, 4) is 0 Å². The summed E-state index contributed by atoms with van der Waals surface area (Å²) in [5.74, 6) is -3.94. The minimum Gasteiger partial charge on any atom is -0.204 e. The zero-order valence-electron chi connectivity index (χ0n) is 10.0. The highest BCUT2D eigenvalue weighted by molar-refractivity contribution is 7.17. The molecule has 3 rings (SSSR count). The lowest BCUT2D eigenvalue weighted by Gasteiger charge is -2.10. The van der Waals surface area contributed by atoms with Crippen LogP contribution in [0.1, 0.15) is 16.5 Å². The van der Waals surface area contributed by atoms with Gasteiger partial charge in [-0.05, 0) is 40.1 Å². The number of benzene rings is 2. The summed E-state index contributed by atoms with van der Waals surface area (Å²) in [7, 11) is 0. The van der Waals surface area contributed by atoms with Gasteiger partial charge in [0.25, 0.3) is 0 Å². The molecule has 20 heavy (non-hydrogen) atoms. The molecule has 3 aromatic rings. The zero-order chi connectivity index (χ0) is 14.3. The van der Waals surface area contributed by atoms with Crippen molar-refractivity contribution in [1.82, 2.24) is 0 Å². The van der Waals surface area contributed by atoms with Gasteiger partial charge in [-0.2, -0.15) is 0 Å². The SMILES string of the molecule is Fc1cc(C(Cl)c2csc3ccccc23)cc(F)c1F. The maximum Gasteiger partial charge on any atom is 0.194 e. The molecular weight excluding hydrogens is 305 g/mol. The van der Waals surface area contributed by atoms with Crippen LogP contribution >= 0.6 is 22.9 Å². The molecule has 1 unspecified atom stereocenters. The van der Waals surface area contributed by atoms with Crippen molar-refractivity contribution in [3.63, 3.8) is 0 Å². The molecule has 0 saturated carbocycles. The molecule has 0 aliphatic carbocycles. The van der Waals surface area contributed by atoms with Crippen molar-refractivity contribution in [2.45, 2.75) is 5.38 Å². The number of thiophene rings is 1. The third kappa shape index (κ3) is 2.19. The predicted molar refractivity (Wildman–Crippen MR) is 75.8 cm³/mol. The molecule has 0 radical (unpaired) electrons. The molecule has 0 nitrogen and oxygen atoms in total. The standard InChI is InChI=1S/C15H8ClF3S/c16-14(8-5-11(17)15(19)12(18)6-8)10-7-20-13-4-2-1-3-9(10)13/h1-7,14H. The first-order valence-electron chi connectivity index (χ1n) is 5.82. The summed E-state index contributed by atoms with van der Waals surface area (Å²) in [5.41, 5.74) is 0.962. The minimum atomic E-state index is -1.48. The summed E-state index contributed by atoms with van der Waals surface area (Å²) in [4.78, 5) is 0. The van der Waals surface area contributed by atoms with Crippen molar-refractivity contribution in [2.75, 3.05) is 0 Å². The third-order valence-electron chi connectivity index (χ3n) is 3.08. The highest BCUT2D eigenvalue weighted by Crippen LogP contribution is 2.37. The third-order valence-corrected chi connectivity index (χ3v) is 4.55. The van der Waals surface area contributed by atoms with Gasteiger partial charge in [-0.15, -0.1) is 22.9 Å². The molecule has 0 fully saturated rings. The number of rotatable bonds is 2. The second-order valence-electron chi connectivity index (χ2n) is 4.35. The fourth-order valence-corrected chi connectivity index (χ4v) is 3.46. The van der Waals surface area contributed by atoms with Gasteiger partial charge in [-0.3, -0.25) is 0 Å². The van der Waals surface area contributed by atoms with E-state index in [1.165, 1.54) is 11.3 Å². The normalized spacial score (nSPS) is 12.8. The van der Waals surface area contributed by atoms with E-state index in [1.807, 2.05) is 29.6 Å². The maximum atomic E-state index is 13.3. The molecule has 0 amide bonds. The van der Waals surface area contributed by atoms with Crippen LogP contribution in [-0.2, 0) is 0 Å². The van der Waals surface area contributed by atoms with E-state index in [-0.39, 0.29) is 5.56 Å². The van der Waals surface area contributed by atoms with E-state index in [2.05, 4.69) is 0 Å². The molecule has 0 aliphatic heterocycles. The first-order chi connectivity index (χ1) is 9.58. The van der Waals surface area contributed by atoms with Crippen LogP contribution in [0.3, 0.4) is 0 Å². The Morgan fingerprint density at radius 1 is 1.00 bits per heavy atom. The van der Waals surface area contributed by atoms with Gasteiger partial charge in [0.15, 0.2) is 17.5 Å². The maximum absolute atomic E-state index is 13.3. The summed E-state index contributed by atoms with van der Waals surface area (Å²) in [6.45, 7) is 0. The van der Waals surface area contributed by atoms with E-state index in [0.29, 0.717) is 0 Å². The number of halogens is 4. The van der Waals surface area contributed by atoms with Gasteiger partial charge < -0.3 is 0 Å². The lowest BCUT2D eigenvalue weighted by molar-refractivity contribution is 0.445. The monoisotopic (exact) mass is 312 g/mol. The van der Waals surface area contributed by atoms with Crippen molar-refractivity contribution >= 4 is 33.0 Å². The molecule has 1 aromatic heterocycles. The Morgan fingerprint density at radius 2 is 1.65 bits per heavy atom. The Labute approximate surface area is 122 Å². The van der Waals surface area contributed by atoms with E-state index >= 15 is 0 Å². The summed E-state index contributed by atoms with van der Waals surface area (Å²) in [6, 6.07) is 9.48. The fraction of sp³-hybridized carbons (Fsp3) is 0.0667. The second-order valence-corrected chi connectivity index (χ2v) is 5.70. The summed E-state index contributed by atoms with van der Waals surface area (Å²) in [5, 5.41) is 2.06. The van der Waals surface area contributed by atoms with Crippen LogP contribution in [0.25, 0.3) is 10.1 Å². The van der Waals surface area contributed by atoms with Crippen molar-refractivity contribution in [2.24, 2.45) is 0 Å². The average molecular weight is 313 g/mol. The number of hydrogen-bond donors (Lipinski definition) is 0. The lowest BCUT2D eigenvalue weighted by Crippen LogP contribution is -1.98. The minimum absolute atomic E-state index is 0.201. The lowest BCUT2D eigenvalue weighted by atomic mass is 10.0. The van der Waals surface area contributed by atoms with E-state index < -0.39 is 22.8 Å². The van der Waals surface area contributed by atoms with E-state index in [0.717, 1.165) is 27.8 Å². The van der Waals surface area contributed by atoms with Gasteiger partial charge in [0, 0.05) is 4.70 Å². The molecule has 2 aromatic carbocycles. The van der Waals surface area contributed by atoms with Crippen molar-refractivity contribution in [1.29, 1.82) is 0 Å². The predicted octanol–water partition coefficient (Wildman–Crippen LogP) is 5.65. The summed E-state index contributed by atoms with van der Waals surface area (Å²) in [6.07, 6.45) is 0. The van der Waals surface area contributed by atoms with Crippen molar-refractivity contribution in [3.05, 3.63) is 70.4 Å². The highest BCUT2D eigenvalue weighted by atomic mass is 35.5. The molecule has 0 aliphatic rings. The van der Waals surface area contributed by atoms with Crippen LogP contribution in [0.2, 0.25) is 0 Å². The van der Waals surface area contributed by atoms with Gasteiger partial charge in [0.05, 0.1) is 5.38 Å². The first-order valence-corrected chi connectivity index (χ1v) is 7.14. The van der Waals surface area contributed by atoms with Gasteiger partial charge in [-0.25, -0.2) is 13.2 Å². The molecule has 0 bridgehead atoms. The Morgan fingerprint density at radius 3 is 2.35 bits per heavy atom. The van der Waals surface area contributed by atoms with Crippen LogP contribution in [0.15, 0.2) is 41.8 Å².